The van der Waals surface area contributed by atoms with Gasteiger partial charge in [0, 0.05) is 30.1 Å². The molecule has 1 atom stereocenters. The zero-order chi connectivity index (χ0) is 21.4. The highest BCUT2D eigenvalue weighted by Gasteiger charge is 2.21. The number of pyridine rings is 1. The summed E-state index contributed by atoms with van der Waals surface area (Å²) in [6, 6.07) is 6.16. The van der Waals surface area contributed by atoms with Gasteiger partial charge in [0.15, 0.2) is 5.16 Å². The number of nitrogens with one attached hydrogen (secondary N) is 2. The number of hydrogen-bond donors (Lipinski definition) is 2. The Balaban J connectivity index is 1.84. The number of H-pyrrole nitrogens is 1. The number of aromatic nitrogens is 6. The molecule has 152 valence electrons. The highest BCUT2D eigenvalue weighted by molar-refractivity contribution is 7.98. The van der Waals surface area contributed by atoms with Crippen LogP contribution in [0, 0.1) is 25.2 Å². The van der Waals surface area contributed by atoms with Gasteiger partial charge >= 0.3 is 0 Å². The van der Waals surface area contributed by atoms with Gasteiger partial charge in [0.2, 0.25) is 0 Å². The lowest BCUT2D eigenvalue weighted by atomic mass is 10.00. The second-order valence-corrected chi connectivity index (χ2v) is 7.93. The van der Waals surface area contributed by atoms with Crippen molar-refractivity contribution >= 4 is 28.6 Å². The molecule has 8 nitrogen and oxygen atoms in total. The molecular formula is C21H22N8S. The van der Waals surface area contributed by atoms with Crippen molar-refractivity contribution in [2.75, 3.05) is 11.6 Å². The Labute approximate surface area is 178 Å². The molecule has 0 spiro atoms. The van der Waals surface area contributed by atoms with Crippen LogP contribution in [-0.4, -0.2) is 36.0 Å². The first kappa shape index (κ1) is 19.9. The third-order valence-electron chi connectivity index (χ3n) is 5.14. The summed E-state index contributed by atoms with van der Waals surface area (Å²) in [6.07, 6.45) is 5.73. The highest BCUT2D eigenvalue weighted by atomic mass is 32.2. The van der Waals surface area contributed by atoms with Crippen LogP contribution in [0.2, 0.25) is 0 Å². The number of fused-ring (bicyclic) bond motifs is 1. The molecule has 0 amide bonds. The molecule has 0 aliphatic carbocycles. The molecule has 4 aromatic heterocycles. The minimum atomic E-state index is -0.199. The SMILES string of the molecule is CSc1nc(C)c(C#N)c(NC(C)c2nc3ccn(C)c3cc2-c2cn[nH]c2C)n1. The molecule has 4 aromatic rings. The van der Waals surface area contributed by atoms with Crippen LogP contribution in [-0.2, 0) is 7.05 Å². The Morgan fingerprint density at radius 1 is 1.23 bits per heavy atom. The lowest BCUT2D eigenvalue weighted by molar-refractivity contribution is 0.821. The Kier molecular flexibility index (Phi) is 5.18. The molecule has 0 radical (unpaired) electrons. The van der Waals surface area contributed by atoms with Crippen LogP contribution in [0.5, 0.6) is 0 Å². The summed E-state index contributed by atoms with van der Waals surface area (Å²) < 4.78 is 2.05. The lowest BCUT2D eigenvalue weighted by Gasteiger charge is -2.19. The summed E-state index contributed by atoms with van der Waals surface area (Å²) in [7, 11) is 2.00. The third kappa shape index (κ3) is 3.39. The number of anilines is 1. The normalized spacial score (nSPS) is 12.1. The first-order valence-electron chi connectivity index (χ1n) is 9.48. The summed E-state index contributed by atoms with van der Waals surface area (Å²) in [5.74, 6) is 0.520. The molecule has 0 saturated carbocycles. The first-order valence-corrected chi connectivity index (χ1v) is 10.7. The zero-order valence-corrected chi connectivity index (χ0v) is 18.3. The molecule has 4 heterocycles. The van der Waals surface area contributed by atoms with Gasteiger partial charge in [0.25, 0.3) is 0 Å². The van der Waals surface area contributed by atoms with E-state index < -0.39 is 0 Å². The van der Waals surface area contributed by atoms with Crippen LogP contribution in [0.4, 0.5) is 5.82 Å². The molecule has 0 aliphatic rings. The van der Waals surface area contributed by atoms with E-state index in [1.807, 2.05) is 52.5 Å². The molecule has 2 N–H and O–H groups in total. The van der Waals surface area contributed by atoms with E-state index in [1.165, 1.54) is 11.8 Å². The molecule has 0 aliphatic heterocycles. The van der Waals surface area contributed by atoms with Crippen LogP contribution >= 0.6 is 11.8 Å². The number of hydrogen-bond acceptors (Lipinski definition) is 7. The Morgan fingerprint density at radius 3 is 2.70 bits per heavy atom. The fourth-order valence-corrected chi connectivity index (χ4v) is 3.93. The Hall–Kier alpha value is -3.38. The van der Waals surface area contributed by atoms with Crippen LogP contribution in [0.25, 0.3) is 22.2 Å². The van der Waals surface area contributed by atoms with Gasteiger partial charge in [-0.05, 0) is 39.2 Å². The van der Waals surface area contributed by atoms with Crippen molar-refractivity contribution in [2.45, 2.75) is 32.0 Å². The van der Waals surface area contributed by atoms with E-state index in [-0.39, 0.29) is 6.04 Å². The number of aromatic amines is 1. The monoisotopic (exact) mass is 418 g/mol. The maximum absolute atomic E-state index is 9.62. The molecule has 0 fully saturated rings. The van der Waals surface area contributed by atoms with Gasteiger partial charge in [-0.1, -0.05) is 11.8 Å². The van der Waals surface area contributed by atoms with Gasteiger partial charge in [0.1, 0.15) is 17.5 Å². The average Bonchev–Trinajstić information content (AvgIpc) is 3.32. The number of nitriles is 1. The second kappa shape index (κ2) is 7.80. The quantitative estimate of drug-likeness (QED) is 0.370. The first-order chi connectivity index (χ1) is 14.4. The second-order valence-electron chi connectivity index (χ2n) is 7.16. The fraction of sp³-hybridized carbons (Fsp3) is 0.286. The van der Waals surface area contributed by atoms with E-state index in [4.69, 9.17) is 4.98 Å². The van der Waals surface area contributed by atoms with Crippen molar-refractivity contribution in [3.8, 4) is 17.2 Å². The summed E-state index contributed by atoms with van der Waals surface area (Å²) in [4.78, 5) is 13.9. The summed E-state index contributed by atoms with van der Waals surface area (Å²) in [6.45, 7) is 5.84. The van der Waals surface area contributed by atoms with E-state index in [1.54, 1.807) is 0 Å². The van der Waals surface area contributed by atoms with E-state index >= 15 is 0 Å². The van der Waals surface area contributed by atoms with Crippen molar-refractivity contribution in [2.24, 2.45) is 7.05 Å². The van der Waals surface area contributed by atoms with Crippen molar-refractivity contribution < 1.29 is 0 Å². The molecule has 0 saturated heterocycles. The van der Waals surface area contributed by atoms with E-state index in [9.17, 15) is 5.26 Å². The molecule has 4 rings (SSSR count). The molecule has 1 unspecified atom stereocenters. The maximum Gasteiger partial charge on any atom is 0.189 e. The van der Waals surface area contributed by atoms with Gasteiger partial charge in [0.05, 0.1) is 34.7 Å². The molecule has 0 aromatic carbocycles. The van der Waals surface area contributed by atoms with Crippen molar-refractivity contribution in [3.63, 3.8) is 0 Å². The summed E-state index contributed by atoms with van der Waals surface area (Å²) in [5, 5.41) is 20.8. The molecule has 0 bridgehead atoms. The summed E-state index contributed by atoms with van der Waals surface area (Å²) >= 11 is 1.44. The van der Waals surface area contributed by atoms with Gasteiger partial charge in [-0.15, -0.1) is 0 Å². The van der Waals surface area contributed by atoms with E-state index in [0.29, 0.717) is 22.2 Å². The van der Waals surface area contributed by atoms with Crippen LogP contribution in [0.3, 0.4) is 0 Å². The standard InChI is InChI=1S/C21H22N8S/c1-11-15(9-22)20(27-21(25-11)30-5)24-13(3)19-14(16-10-23-28-12(16)2)8-18-17(26-19)6-7-29(18)4/h6-8,10,13H,1-5H3,(H,23,28)(H,24,25,27). The van der Waals surface area contributed by atoms with Crippen LogP contribution in [0.1, 0.15) is 35.6 Å². The van der Waals surface area contributed by atoms with E-state index in [0.717, 1.165) is 33.5 Å². The summed E-state index contributed by atoms with van der Waals surface area (Å²) in [5.41, 5.74) is 6.88. The van der Waals surface area contributed by atoms with Gasteiger partial charge < -0.3 is 9.88 Å². The topological polar surface area (TPSA) is 108 Å². The maximum atomic E-state index is 9.62. The largest absolute Gasteiger partial charge is 0.361 e. The smallest absolute Gasteiger partial charge is 0.189 e. The number of aryl methyl sites for hydroxylation is 3. The molecule has 30 heavy (non-hydrogen) atoms. The van der Waals surface area contributed by atoms with Crippen LogP contribution in [0.15, 0.2) is 29.7 Å². The van der Waals surface area contributed by atoms with Crippen LogP contribution < -0.4 is 5.32 Å². The third-order valence-corrected chi connectivity index (χ3v) is 5.69. The van der Waals surface area contributed by atoms with Crippen molar-refractivity contribution in [1.29, 1.82) is 5.26 Å². The predicted molar refractivity (Wildman–Crippen MR) is 118 cm³/mol. The minimum Gasteiger partial charge on any atom is -0.361 e. The fourth-order valence-electron chi connectivity index (χ4n) is 3.52. The number of nitrogens with zero attached hydrogens (tertiary/aromatic N) is 6. The van der Waals surface area contributed by atoms with Crippen molar-refractivity contribution in [3.05, 3.63) is 47.2 Å². The average molecular weight is 419 g/mol. The van der Waals surface area contributed by atoms with Gasteiger partial charge in [-0.3, -0.25) is 5.10 Å². The lowest BCUT2D eigenvalue weighted by Crippen LogP contribution is -2.14. The zero-order valence-electron chi connectivity index (χ0n) is 17.5. The van der Waals surface area contributed by atoms with Gasteiger partial charge in [-0.2, -0.15) is 10.4 Å². The predicted octanol–water partition coefficient (Wildman–Crippen LogP) is 4.14. The molecule has 9 heteroatoms. The highest BCUT2D eigenvalue weighted by Crippen LogP contribution is 2.33. The van der Waals surface area contributed by atoms with Gasteiger partial charge in [-0.25, -0.2) is 15.0 Å². The number of rotatable bonds is 5. The Bertz CT molecular complexity index is 1280. The van der Waals surface area contributed by atoms with Crippen molar-refractivity contribution in [1.82, 2.24) is 29.7 Å². The Morgan fingerprint density at radius 2 is 2.03 bits per heavy atom. The number of thioether (sulfide) groups is 1. The van der Waals surface area contributed by atoms with E-state index in [2.05, 4.69) is 42.2 Å². The minimum absolute atomic E-state index is 0.199. The molecular weight excluding hydrogens is 396 g/mol.